The Bertz CT molecular complexity index is 1120. The van der Waals surface area contributed by atoms with Crippen molar-refractivity contribution in [1.29, 1.82) is 0 Å². The molecular formula is C22H17F2N3OS. The van der Waals surface area contributed by atoms with Crippen LogP contribution in [0.4, 0.5) is 8.78 Å². The molecule has 0 fully saturated rings. The maximum absolute atomic E-state index is 13.8. The van der Waals surface area contributed by atoms with E-state index in [-0.39, 0.29) is 24.1 Å². The smallest absolute Gasteiger partial charge is 0.269 e. The van der Waals surface area contributed by atoms with Crippen LogP contribution in [-0.2, 0) is 13.1 Å². The van der Waals surface area contributed by atoms with Crippen LogP contribution in [0.1, 0.15) is 21.6 Å². The highest BCUT2D eigenvalue weighted by molar-refractivity contribution is 7.13. The maximum Gasteiger partial charge on any atom is 0.269 e. The van der Waals surface area contributed by atoms with Gasteiger partial charge in [-0.2, -0.15) is 5.10 Å². The largest absolute Gasteiger partial charge is 0.347 e. The van der Waals surface area contributed by atoms with E-state index in [1.54, 1.807) is 41.1 Å². The first-order chi connectivity index (χ1) is 14.1. The lowest BCUT2D eigenvalue weighted by molar-refractivity contribution is 0.0940. The molecule has 0 aliphatic heterocycles. The van der Waals surface area contributed by atoms with Crippen molar-refractivity contribution in [3.63, 3.8) is 0 Å². The maximum atomic E-state index is 13.8. The summed E-state index contributed by atoms with van der Waals surface area (Å²) in [4.78, 5) is 13.8. The number of nitrogens with zero attached hydrogens (tertiary/aromatic N) is 2. The fourth-order valence-corrected chi connectivity index (χ4v) is 3.62. The van der Waals surface area contributed by atoms with E-state index in [4.69, 9.17) is 0 Å². The van der Waals surface area contributed by atoms with Gasteiger partial charge < -0.3 is 5.32 Å². The van der Waals surface area contributed by atoms with E-state index in [9.17, 15) is 13.6 Å². The van der Waals surface area contributed by atoms with Crippen LogP contribution >= 0.6 is 11.3 Å². The Hall–Kier alpha value is -3.32. The van der Waals surface area contributed by atoms with Gasteiger partial charge >= 0.3 is 0 Å². The molecular weight excluding hydrogens is 392 g/mol. The summed E-state index contributed by atoms with van der Waals surface area (Å²) in [6.07, 6.45) is 0. The highest BCUT2D eigenvalue weighted by Gasteiger charge is 2.17. The van der Waals surface area contributed by atoms with Crippen LogP contribution in [0.3, 0.4) is 0 Å². The molecule has 4 aromatic rings. The van der Waals surface area contributed by atoms with E-state index in [0.29, 0.717) is 23.5 Å². The average molecular weight is 409 g/mol. The molecule has 2 aromatic heterocycles. The van der Waals surface area contributed by atoms with Gasteiger partial charge in [0, 0.05) is 12.1 Å². The molecule has 2 aromatic carbocycles. The molecule has 2 heterocycles. The van der Waals surface area contributed by atoms with Gasteiger partial charge in [0.2, 0.25) is 0 Å². The molecule has 0 radical (unpaired) electrons. The highest BCUT2D eigenvalue weighted by Crippen LogP contribution is 2.25. The van der Waals surface area contributed by atoms with Crippen molar-refractivity contribution in [2.75, 3.05) is 0 Å². The molecule has 0 aliphatic carbocycles. The molecule has 4 nitrogen and oxygen atoms in total. The number of rotatable bonds is 6. The van der Waals surface area contributed by atoms with Crippen molar-refractivity contribution in [3.8, 4) is 10.6 Å². The number of halogens is 2. The standard InChI is InChI=1S/C22H17F2N3OS/c23-17-9-7-15(8-10-17)14-27-20(12-19(26-27)21-6-3-11-29-21)22(28)25-13-16-4-1-2-5-18(16)24/h1-12H,13-14H2,(H,25,28). The normalized spacial score (nSPS) is 10.8. The predicted octanol–water partition coefficient (Wildman–Crippen LogP) is 4.87. The quantitative estimate of drug-likeness (QED) is 0.494. The molecule has 0 spiro atoms. The fourth-order valence-electron chi connectivity index (χ4n) is 2.94. The van der Waals surface area contributed by atoms with Gasteiger partial charge in [-0.1, -0.05) is 36.4 Å². The first kappa shape index (κ1) is 19.0. The first-order valence-electron chi connectivity index (χ1n) is 8.98. The fraction of sp³-hybridized carbons (Fsp3) is 0.0909. The van der Waals surface area contributed by atoms with Gasteiger partial charge in [-0.3, -0.25) is 9.48 Å². The van der Waals surface area contributed by atoms with E-state index in [1.165, 1.54) is 29.5 Å². The second-order valence-corrected chi connectivity index (χ2v) is 7.40. The molecule has 0 saturated heterocycles. The predicted molar refractivity (Wildman–Crippen MR) is 109 cm³/mol. The van der Waals surface area contributed by atoms with Crippen LogP contribution in [-0.4, -0.2) is 15.7 Å². The SMILES string of the molecule is O=C(NCc1ccccc1F)c1cc(-c2cccs2)nn1Cc1ccc(F)cc1. The Kier molecular flexibility index (Phi) is 5.48. The Balaban J connectivity index is 1.60. The van der Waals surface area contributed by atoms with E-state index < -0.39 is 0 Å². The summed E-state index contributed by atoms with van der Waals surface area (Å²) >= 11 is 1.52. The zero-order chi connectivity index (χ0) is 20.2. The summed E-state index contributed by atoms with van der Waals surface area (Å²) in [5.74, 6) is -1.05. The van der Waals surface area contributed by atoms with Gasteiger partial charge in [-0.05, 0) is 41.3 Å². The van der Waals surface area contributed by atoms with Crippen molar-refractivity contribution in [3.05, 3.63) is 101 Å². The third-order valence-corrected chi connectivity index (χ3v) is 5.32. The topological polar surface area (TPSA) is 46.9 Å². The number of carbonyl (C=O) groups excluding carboxylic acids is 1. The molecule has 4 rings (SSSR count). The lowest BCUT2D eigenvalue weighted by Crippen LogP contribution is -2.26. The minimum absolute atomic E-state index is 0.0710. The van der Waals surface area contributed by atoms with Crippen molar-refractivity contribution in [2.45, 2.75) is 13.1 Å². The summed E-state index contributed by atoms with van der Waals surface area (Å²) in [5, 5.41) is 9.25. The van der Waals surface area contributed by atoms with Crippen LogP contribution in [0.5, 0.6) is 0 Å². The zero-order valence-electron chi connectivity index (χ0n) is 15.3. The van der Waals surface area contributed by atoms with E-state index in [2.05, 4.69) is 10.4 Å². The number of aromatic nitrogens is 2. The van der Waals surface area contributed by atoms with Gasteiger partial charge in [0.05, 0.1) is 11.4 Å². The molecule has 1 N–H and O–H groups in total. The number of hydrogen-bond donors (Lipinski definition) is 1. The zero-order valence-corrected chi connectivity index (χ0v) is 16.1. The van der Waals surface area contributed by atoms with E-state index in [1.807, 2.05) is 17.5 Å². The number of nitrogens with one attached hydrogen (secondary N) is 1. The van der Waals surface area contributed by atoms with Crippen molar-refractivity contribution in [1.82, 2.24) is 15.1 Å². The second kappa shape index (κ2) is 8.36. The Morgan fingerprint density at radius 3 is 2.55 bits per heavy atom. The third-order valence-electron chi connectivity index (χ3n) is 4.43. The van der Waals surface area contributed by atoms with Gasteiger partial charge in [-0.25, -0.2) is 8.78 Å². The van der Waals surface area contributed by atoms with E-state index >= 15 is 0 Å². The minimum Gasteiger partial charge on any atom is -0.347 e. The molecule has 0 aliphatic rings. The van der Waals surface area contributed by atoms with Crippen molar-refractivity contribution >= 4 is 17.2 Å². The number of amides is 1. The van der Waals surface area contributed by atoms with Gasteiger partial charge in [0.15, 0.2) is 0 Å². The lowest BCUT2D eigenvalue weighted by Gasteiger charge is -2.09. The third kappa shape index (κ3) is 4.41. The van der Waals surface area contributed by atoms with Gasteiger partial charge in [-0.15, -0.1) is 11.3 Å². The molecule has 0 unspecified atom stereocenters. The Morgan fingerprint density at radius 2 is 1.83 bits per heavy atom. The van der Waals surface area contributed by atoms with E-state index in [0.717, 1.165) is 10.4 Å². The Morgan fingerprint density at radius 1 is 1.03 bits per heavy atom. The summed E-state index contributed by atoms with van der Waals surface area (Å²) in [6.45, 7) is 0.385. The van der Waals surface area contributed by atoms with Crippen LogP contribution in [0.25, 0.3) is 10.6 Å². The van der Waals surface area contributed by atoms with Crippen LogP contribution in [0.15, 0.2) is 72.1 Å². The van der Waals surface area contributed by atoms with Crippen molar-refractivity contribution in [2.24, 2.45) is 0 Å². The number of thiophene rings is 1. The summed E-state index contributed by atoms with van der Waals surface area (Å²) in [5.41, 5.74) is 2.26. The molecule has 0 saturated carbocycles. The summed E-state index contributed by atoms with van der Waals surface area (Å²) in [6, 6.07) is 17.9. The minimum atomic E-state index is -0.369. The van der Waals surface area contributed by atoms with Crippen LogP contribution < -0.4 is 5.32 Å². The van der Waals surface area contributed by atoms with Gasteiger partial charge in [0.25, 0.3) is 5.91 Å². The number of benzene rings is 2. The molecule has 0 bridgehead atoms. The van der Waals surface area contributed by atoms with Gasteiger partial charge in [0.1, 0.15) is 23.0 Å². The monoisotopic (exact) mass is 409 g/mol. The summed E-state index contributed by atoms with van der Waals surface area (Å²) in [7, 11) is 0. The molecule has 29 heavy (non-hydrogen) atoms. The average Bonchev–Trinajstić information content (AvgIpc) is 3.39. The molecule has 7 heteroatoms. The lowest BCUT2D eigenvalue weighted by atomic mass is 10.2. The summed E-state index contributed by atoms with van der Waals surface area (Å²) < 4.78 is 28.6. The van der Waals surface area contributed by atoms with Crippen LogP contribution in [0.2, 0.25) is 0 Å². The number of carbonyl (C=O) groups is 1. The highest BCUT2D eigenvalue weighted by atomic mass is 32.1. The number of hydrogen-bond acceptors (Lipinski definition) is 3. The van der Waals surface area contributed by atoms with Crippen LogP contribution in [0, 0.1) is 11.6 Å². The molecule has 0 atom stereocenters. The first-order valence-corrected chi connectivity index (χ1v) is 9.86. The molecule has 1 amide bonds. The second-order valence-electron chi connectivity index (χ2n) is 6.45. The van der Waals surface area contributed by atoms with Crippen molar-refractivity contribution < 1.29 is 13.6 Å². The molecule has 146 valence electrons. The Labute approximate surface area is 170 Å².